The van der Waals surface area contributed by atoms with Crippen LogP contribution in [-0.2, 0) is 19.2 Å². The fourth-order valence-corrected chi connectivity index (χ4v) is 9.58. The molecule has 0 radical (unpaired) electrons. The zero-order valence-electron chi connectivity index (χ0n) is 24.3. The van der Waals surface area contributed by atoms with Crippen LogP contribution in [0.2, 0.25) is 0 Å². The van der Waals surface area contributed by atoms with Gasteiger partial charge < -0.3 is 5.11 Å². The summed E-state index contributed by atoms with van der Waals surface area (Å²) >= 11 is 0. The van der Waals surface area contributed by atoms with Crippen molar-refractivity contribution < 1.29 is 24.3 Å². The van der Waals surface area contributed by atoms with Crippen LogP contribution in [0.15, 0.2) is 23.8 Å². The van der Waals surface area contributed by atoms with Gasteiger partial charge in [0, 0.05) is 18.0 Å². The molecule has 1 aromatic carbocycles. The van der Waals surface area contributed by atoms with E-state index in [-0.39, 0.29) is 59.2 Å². The van der Waals surface area contributed by atoms with Crippen molar-refractivity contribution in [2.24, 2.45) is 29.6 Å². The van der Waals surface area contributed by atoms with Crippen LogP contribution in [0.1, 0.15) is 99.7 Å². The van der Waals surface area contributed by atoms with Crippen LogP contribution in [0.25, 0.3) is 0 Å². The highest BCUT2D eigenvalue weighted by atomic mass is 16.3. The van der Waals surface area contributed by atoms with Crippen molar-refractivity contribution in [1.82, 2.24) is 9.80 Å². The number of rotatable bonds is 3. The van der Waals surface area contributed by atoms with Crippen molar-refractivity contribution in [2.75, 3.05) is 0 Å². The number of aryl methyl sites for hydroxylation is 2. The zero-order valence-corrected chi connectivity index (χ0v) is 24.3. The molecule has 6 atom stereocenters. The van der Waals surface area contributed by atoms with Gasteiger partial charge in [0.1, 0.15) is 5.75 Å². The van der Waals surface area contributed by atoms with Crippen LogP contribution in [0.4, 0.5) is 0 Å². The summed E-state index contributed by atoms with van der Waals surface area (Å²) in [7, 11) is 0. The van der Waals surface area contributed by atoms with E-state index in [0.717, 1.165) is 86.5 Å². The number of hydrogen-bond acceptors (Lipinski definition) is 5. The predicted molar refractivity (Wildman–Crippen MR) is 153 cm³/mol. The lowest BCUT2D eigenvalue weighted by Gasteiger charge is -2.44. The number of phenols is 1. The summed E-state index contributed by atoms with van der Waals surface area (Å²) < 4.78 is 0. The molecule has 0 spiro atoms. The minimum atomic E-state index is -0.506. The molecule has 7 heteroatoms. The highest BCUT2D eigenvalue weighted by Gasteiger charge is 2.63. The molecule has 3 saturated carbocycles. The van der Waals surface area contributed by atoms with Crippen molar-refractivity contribution in [3.63, 3.8) is 0 Å². The average Bonchev–Trinajstić information content (AvgIpc) is 3.39. The molecule has 4 aliphatic carbocycles. The van der Waals surface area contributed by atoms with Crippen LogP contribution in [-0.4, -0.2) is 50.6 Å². The Hall–Kier alpha value is -2.96. The van der Waals surface area contributed by atoms with Gasteiger partial charge in [0.2, 0.25) is 23.6 Å². The smallest absolute Gasteiger partial charge is 0.234 e. The van der Waals surface area contributed by atoms with Gasteiger partial charge >= 0.3 is 0 Å². The Labute approximate surface area is 242 Å². The molecule has 218 valence electrons. The first kappa shape index (κ1) is 26.9. The van der Waals surface area contributed by atoms with E-state index >= 15 is 0 Å². The maximum Gasteiger partial charge on any atom is 0.234 e. The maximum absolute atomic E-state index is 14.2. The number of fused-ring (bicyclic) bond motifs is 4. The molecule has 4 amide bonds. The van der Waals surface area contributed by atoms with Crippen molar-refractivity contribution in [3.05, 3.63) is 40.5 Å². The summed E-state index contributed by atoms with van der Waals surface area (Å²) in [6.45, 7) is 3.73. The number of hydrogen-bond donors (Lipinski definition) is 1. The number of imide groups is 2. The van der Waals surface area contributed by atoms with Crippen LogP contribution in [0.5, 0.6) is 5.75 Å². The third-order valence-corrected chi connectivity index (χ3v) is 11.5. The minimum absolute atomic E-state index is 0.0104. The minimum Gasteiger partial charge on any atom is -0.507 e. The lowest BCUT2D eigenvalue weighted by molar-refractivity contribution is -0.145. The predicted octanol–water partition coefficient (Wildman–Crippen LogP) is 5.31. The van der Waals surface area contributed by atoms with Gasteiger partial charge in [0.25, 0.3) is 0 Å². The van der Waals surface area contributed by atoms with Crippen LogP contribution in [0, 0.1) is 43.4 Å². The van der Waals surface area contributed by atoms with Gasteiger partial charge in [-0.3, -0.25) is 29.0 Å². The monoisotopic (exact) mass is 558 g/mol. The van der Waals surface area contributed by atoms with E-state index in [1.165, 1.54) is 0 Å². The largest absolute Gasteiger partial charge is 0.507 e. The second kappa shape index (κ2) is 10.1. The van der Waals surface area contributed by atoms with Gasteiger partial charge in [-0.15, -0.1) is 0 Å². The Morgan fingerprint density at radius 3 is 1.73 bits per heavy atom. The van der Waals surface area contributed by atoms with Gasteiger partial charge in [-0.05, 0) is 75.0 Å². The second-order valence-corrected chi connectivity index (χ2v) is 13.7. The van der Waals surface area contributed by atoms with E-state index in [1.807, 2.05) is 26.0 Å². The quantitative estimate of drug-likeness (QED) is 0.401. The van der Waals surface area contributed by atoms with Gasteiger partial charge in [-0.1, -0.05) is 62.3 Å². The van der Waals surface area contributed by atoms with E-state index in [4.69, 9.17) is 0 Å². The number of aromatic hydroxyl groups is 1. The summed E-state index contributed by atoms with van der Waals surface area (Å²) in [5, 5.41) is 10.6. The van der Waals surface area contributed by atoms with E-state index < -0.39 is 17.8 Å². The third-order valence-electron chi connectivity index (χ3n) is 11.5. The molecular formula is C34H42N2O5. The van der Waals surface area contributed by atoms with Crippen molar-refractivity contribution in [2.45, 2.75) is 109 Å². The van der Waals surface area contributed by atoms with E-state index in [9.17, 15) is 24.3 Å². The van der Waals surface area contributed by atoms with Crippen molar-refractivity contribution >= 4 is 23.6 Å². The Bertz CT molecular complexity index is 1310. The Kier molecular flexibility index (Phi) is 6.62. The Morgan fingerprint density at radius 1 is 0.659 bits per heavy atom. The molecule has 0 bridgehead atoms. The number of benzene rings is 1. The molecule has 0 aromatic heterocycles. The molecule has 7 rings (SSSR count). The number of allylic oxidation sites excluding steroid dienone is 2. The molecule has 5 fully saturated rings. The lowest BCUT2D eigenvalue weighted by Crippen LogP contribution is -2.44. The molecule has 6 unspecified atom stereocenters. The summed E-state index contributed by atoms with van der Waals surface area (Å²) in [6, 6.07) is 3.86. The highest BCUT2D eigenvalue weighted by molar-refractivity contribution is 6.08. The molecule has 7 nitrogen and oxygen atoms in total. The molecule has 2 saturated heterocycles. The third kappa shape index (κ3) is 4.04. The molecule has 1 N–H and O–H groups in total. The summed E-state index contributed by atoms with van der Waals surface area (Å²) in [6.07, 6.45) is 13.0. The number of amides is 4. The number of carbonyl (C=O) groups excluding carboxylic acids is 4. The van der Waals surface area contributed by atoms with Crippen molar-refractivity contribution in [3.8, 4) is 5.75 Å². The van der Waals surface area contributed by atoms with Crippen LogP contribution >= 0.6 is 0 Å². The summed E-state index contributed by atoms with van der Waals surface area (Å²) in [5.41, 5.74) is 3.46. The van der Waals surface area contributed by atoms with Gasteiger partial charge in [-0.25, -0.2) is 0 Å². The molecule has 6 aliphatic rings. The fourth-order valence-electron chi connectivity index (χ4n) is 9.58. The van der Waals surface area contributed by atoms with E-state index in [2.05, 4.69) is 6.08 Å². The summed E-state index contributed by atoms with van der Waals surface area (Å²) in [4.78, 5) is 59.4. The second-order valence-electron chi connectivity index (χ2n) is 13.7. The number of phenolic OH excluding ortho intramolecular Hbond substituents is 1. The molecule has 1 aromatic rings. The first-order valence-corrected chi connectivity index (χ1v) is 16.0. The highest BCUT2D eigenvalue weighted by Crippen LogP contribution is 2.59. The van der Waals surface area contributed by atoms with Crippen LogP contribution in [0.3, 0.4) is 0 Å². The maximum atomic E-state index is 14.2. The molecule has 2 heterocycles. The van der Waals surface area contributed by atoms with Gasteiger partial charge in [0.05, 0.1) is 23.7 Å². The first-order valence-electron chi connectivity index (χ1n) is 16.0. The number of nitrogens with zero attached hydrogens (tertiary/aromatic N) is 2. The normalized spacial score (nSPS) is 34.5. The van der Waals surface area contributed by atoms with E-state index in [0.29, 0.717) is 12.8 Å². The first-order chi connectivity index (χ1) is 19.8. The topological polar surface area (TPSA) is 95.0 Å². The van der Waals surface area contributed by atoms with Gasteiger partial charge in [-0.2, -0.15) is 0 Å². The van der Waals surface area contributed by atoms with Crippen molar-refractivity contribution in [1.29, 1.82) is 0 Å². The fraction of sp³-hybridized carbons (Fsp3) is 0.647. The standard InChI is InChI=1S/C34H42N2O5/c1-18-15-20(16-19(2)30(18)37)27-23-13-14-24-28(33(40)35(31(24)38)21-9-5-3-6-10-21)25(23)17-26-29(27)34(41)36(32(26)39)22-11-7-4-8-12-22/h13,15-16,21-22,24-29,37H,3-12,14,17H2,1-2H3. The molecular weight excluding hydrogens is 516 g/mol. The average molecular weight is 559 g/mol. The van der Waals surface area contributed by atoms with E-state index in [1.54, 1.807) is 9.80 Å². The number of carbonyl (C=O) groups is 4. The molecule has 2 aliphatic heterocycles. The van der Waals surface area contributed by atoms with Crippen LogP contribution < -0.4 is 0 Å². The lowest BCUT2D eigenvalue weighted by atomic mass is 9.57. The Balaban J connectivity index is 1.31. The summed E-state index contributed by atoms with van der Waals surface area (Å²) in [5.74, 6) is -2.40. The molecule has 41 heavy (non-hydrogen) atoms. The van der Waals surface area contributed by atoms with Gasteiger partial charge in [0.15, 0.2) is 0 Å². The SMILES string of the molecule is Cc1cc(C2C3=CCC4C(=O)N(C5CCCCC5)C(=O)C4C3CC3C(=O)N(C4CCCCC4)C(=O)C32)cc(C)c1O. The number of likely N-dealkylation sites (tertiary alicyclic amines) is 2. The Morgan fingerprint density at radius 2 is 1.17 bits per heavy atom. The zero-order chi connectivity index (χ0) is 28.6.